The van der Waals surface area contributed by atoms with E-state index < -0.39 is 14.4 Å². The molecule has 0 radical (unpaired) electrons. The van der Waals surface area contributed by atoms with Crippen molar-refractivity contribution in [3.63, 3.8) is 0 Å². The first kappa shape index (κ1) is 23.1. The molecule has 0 saturated carbocycles. The maximum Gasteiger partial charge on any atom is 0.308 e. The van der Waals surface area contributed by atoms with E-state index in [1.807, 2.05) is 12.1 Å². The Balaban J connectivity index is 2.46. The molecule has 0 fully saturated rings. The van der Waals surface area contributed by atoms with Crippen LogP contribution in [0.5, 0.6) is 0 Å². The maximum atomic E-state index is 11.9. The highest BCUT2D eigenvalue weighted by molar-refractivity contribution is 6.99. The average molecular weight is 413 g/mol. The second-order valence-electron chi connectivity index (χ2n) is 8.00. The second-order valence-corrected chi connectivity index (χ2v) is 12.3. The number of hydrogen-bond donors (Lipinski definition) is 0. The third kappa shape index (κ3) is 5.66. The molecule has 0 amide bonds. The van der Waals surface area contributed by atoms with E-state index in [1.165, 1.54) is 17.5 Å². The minimum absolute atomic E-state index is 0.135. The van der Waals surface area contributed by atoms with Crippen LogP contribution in [0.2, 0.25) is 5.04 Å². The minimum Gasteiger partial charge on any atom is -0.469 e. The van der Waals surface area contributed by atoms with Crippen molar-refractivity contribution in [2.45, 2.75) is 38.3 Å². The number of rotatable bonds is 10. The minimum atomic E-state index is -2.67. The third-order valence-electron chi connectivity index (χ3n) is 4.97. The highest BCUT2D eigenvalue weighted by Gasteiger charge is 2.50. The fraction of sp³-hybridized carbons (Fsp3) is 0.375. The van der Waals surface area contributed by atoms with Crippen LogP contribution in [0.4, 0.5) is 0 Å². The van der Waals surface area contributed by atoms with E-state index in [1.54, 1.807) is 6.08 Å². The fourth-order valence-electron chi connectivity index (χ4n) is 3.62. The van der Waals surface area contributed by atoms with Crippen LogP contribution in [-0.2, 0) is 18.7 Å². The summed E-state index contributed by atoms with van der Waals surface area (Å²) in [5.74, 6) is -0.315. The summed E-state index contributed by atoms with van der Waals surface area (Å²) in [6, 6.07) is 20.8. The molecule has 0 spiro atoms. The molecule has 0 aromatic heterocycles. The van der Waals surface area contributed by atoms with E-state index in [0.29, 0.717) is 13.2 Å². The van der Waals surface area contributed by atoms with E-state index in [-0.39, 0.29) is 17.4 Å². The van der Waals surface area contributed by atoms with Crippen LogP contribution in [-0.4, -0.2) is 40.7 Å². The molecule has 2 aromatic carbocycles. The van der Waals surface area contributed by atoms with E-state index in [9.17, 15) is 4.79 Å². The van der Waals surface area contributed by atoms with Crippen molar-refractivity contribution in [3.8, 4) is 0 Å². The van der Waals surface area contributed by atoms with Gasteiger partial charge in [-0.3, -0.25) is 4.79 Å². The predicted molar refractivity (Wildman–Crippen MR) is 120 cm³/mol. The Morgan fingerprint density at radius 2 is 1.55 bits per heavy atom. The SMILES string of the molecule is C=CCOC(CO[Si](c1ccccc1)(c1ccccc1)C(C)(C)C)CC(=O)OC. The molecule has 156 valence electrons. The number of carbonyl (C=O) groups excluding carboxylic acids is 1. The molecular weight excluding hydrogens is 380 g/mol. The lowest BCUT2D eigenvalue weighted by Crippen LogP contribution is -2.67. The molecule has 0 aliphatic carbocycles. The monoisotopic (exact) mass is 412 g/mol. The van der Waals surface area contributed by atoms with Crippen molar-refractivity contribution in [1.29, 1.82) is 0 Å². The Bertz CT molecular complexity index is 729. The topological polar surface area (TPSA) is 44.8 Å². The Morgan fingerprint density at radius 3 is 1.97 bits per heavy atom. The van der Waals surface area contributed by atoms with Crippen LogP contribution in [0.25, 0.3) is 0 Å². The lowest BCUT2D eigenvalue weighted by molar-refractivity contribution is -0.144. The number of esters is 1. The first-order valence-corrected chi connectivity index (χ1v) is 11.8. The molecule has 5 heteroatoms. The Labute approximate surface area is 175 Å². The molecule has 0 bridgehead atoms. The summed E-state index contributed by atoms with van der Waals surface area (Å²) < 4.78 is 17.5. The van der Waals surface area contributed by atoms with Crippen molar-refractivity contribution < 1.29 is 18.7 Å². The van der Waals surface area contributed by atoms with Crippen LogP contribution < -0.4 is 10.4 Å². The normalized spacial score (nSPS) is 13.0. The van der Waals surface area contributed by atoms with Crippen molar-refractivity contribution in [2.75, 3.05) is 20.3 Å². The lowest BCUT2D eigenvalue weighted by atomic mass is 10.2. The van der Waals surface area contributed by atoms with E-state index >= 15 is 0 Å². The second kappa shape index (κ2) is 10.5. The van der Waals surface area contributed by atoms with Gasteiger partial charge in [0.15, 0.2) is 0 Å². The molecule has 1 unspecified atom stereocenters. The van der Waals surface area contributed by atoms with Crippen LogP contribution in [0.15, 0.2) is 73.3 Å². The molecule has 0 heterocycles. The zero-order chi connectivity index (χ0) is 21.3. The summed E-state index contributed by atoms with van der Waals surface area (Å²) >= 11 is 0. The van der Waals surface area contributed by atoms with Gasteiger partial charge in [0.25, 0.3) is 8.32 Å². The van der Waals surface area contributed by atoms with Crippen LogP contribution in [0.1, 0.15) is 27.2 Å². The molecule has 2 aromatic rings. The van der Waals surface area contributed by atoms with Crippen LogP contribution in [0, 0.1) is 0 Å². The van der Waals surface area contributed by atoms with Gasteiger partial charge in [-0.2, -0.15) is 0 Å². The zero-order valence-electron chi connectivity index (χ0n) is 17.9. The quantitative estimate of drug-likeness (QED) is 0.339. The maximum absolute atomic E-state index is 11.9. The molecule has 29 heavy (non-hydrogen) atoms. The van der Waals surface area contributed by atoms with Crippen molar-refractivity contribution in [3.05, 3.63) is 73.3 Å². The van der Waals surface area contributed by atoms with Gasteiger partial charge in [-0.15, -0.1) is 6.58 Å². The zero-order valence-corrected chi connectivity index (χ0v) is 18.9. The van der Waals surface area contributed by atoms with Gasteiger partial charge in [-0.1, -0.05) is 87.5 Å². The number of benzene rings is 2. The summed E-state index contributed by atoms with van der Waals surface area (Å²) in [6.45, 7) is 11.0. The third-order valence-corrected chi connectivity index (χ3v) is 9.98. The van der Waals surface area contributed by atoms with Crippen LogP contribution in [0.3, 0.4) is 0 Å². The largest absolute Gasteiger partial charge is 0.469 e. The Kier molecular flexibility index (Phi) is 8.38. The summed E-state index contributed by atoms with van der Waals surface area (Å²) in [4.78, 5) is 11.9. The van der Waals surface area contributed by atoms with E-state index in [0.717, 1.165) is 0 Å². The summed E-state index contributed by atoms with van der Waals surface area (Å²) in [7, 11) is -1.29. The first-order valence-electron chi connectivity index (χ1n) is 9.89. The molecule has 0 saturated heterocycles. The molecule has 1 atom stereocenters. The molecule has 0 N–H and O–H groups in total. The standard InChI is InChI=1S/C24H32O4Si/c1-6-17-27-20(18-23(25)26-5)19-28-29(24(2,3)4,21-13-9-7-10-14-21)22-15-11-8-12-16-22/h6-16,20H,1,17-19H2,2-5H3. The highest BCUT2D eigenvalue weighted by atomic mass is 28.4. The van der Waals surface area contributed by atoms with Crippen molar-refractivity contribution in [2.24, 2.45) is 0 Å². The van der Waals surface area contributed by atoms with Gasteiger partial charge in [-0.25, -0.2) is 0 Å². The number of methoxy groups -OCH3 is 1. The summed E-state index contributed by atoms with van der Waals surface area (Å²) in [5, 5.41) is 2.25. The molecular formula is C24H32O4Si. The molecule has 0 aliphatic rings. The molecule has 4 nitrogen and oxygen atoms in total. The lowest BCUT2D eigenvalue weighted by Gasteiger charge is -2.43. The summed E-state index contributed by atoms with van der Waals surface area (Å²) in [5.41, 5.74) is 0. The Morgan fingerprint density at radius 1 is 1.03 bits per heavy atom. The van der Waals surface area contributed by atoms with Gasteiger partial charge < -0.3 is 13.9 Å². The number of ether oxygens (including phenoxy) is 2. The summed E-state index contributed by atoms with van der Waals surface area (Å²) in [6.07, 6.45) is 1.41. The van der Waals surface area contributed by atoms with Gasteiger partial charge in [-0.05, 0) is 15.4 Å². The molecule has 0 aliphatic heterocycles. The number of carbonyl (C=O) groups is 1. The molecule has 2 rings (SSSR count). The van der Waals surface area contributed by atoms with Gasteiger partial charge >= 0.3 is 5.97 Å². The predicted octanol–water partition coefficient (Wildman–Crippen LogP) is 3.70. The first-order chi connectivity index (χ1) is 13.8. The van der Waals surface area contributed by atoms with Gasteiger partial charge in [0.2, 0.25) is 0 Å². The van der Waals surface area contributed by atoms with Gasteiger partial charge in [0.1, 0.15) is 0 Å². The van der Waals surface area contributed by atoms with Crippen molar-refractivity contribution in [1.82, 2.24) is 0 Å². The Hall–Kier alpha value is -2.21. The van der Waals surface area contributed by atoms with Gasteiger partial charge in [0.05, 0.1) is 32.8 Å². The smallest absolute Gasteiger partial charge is 0.308 e. The van der Waals surface area contributed by atoms with Crippen molar-refractivity contribution >= 4 is 24.7 Å². The van der Waals surface area contributed by atoms with Gasteiger partial charge in [0, 0.05) is 0 Å². The van der Waals surface area contributed by atoms with E-state index in [4.69, 9.17) is 13.9 Å². The fourth-order valence-corrected chi connectivity index (χ4v) is 8.21. The average Bonchev–Trinajstić information content (AvgIpc) is 2.72. The highest BCUT2D eigenvalue weighted by Crippen LogP contribution is 2.37. The van der Waals surface area contributed by atoms with E-state index in [2.05, 4.69) is 75.9 Å². The van der Waals surface area contributed by atoms with Crippen LogP contribution >= 0.6 is 0 Å². The number of hydrogen-bond acceptors (Lipinski definition) is 4.